The van der Waals surface area contributed by atoms with E-state index in [1.54, 1.807) is 6.08 Å². The Morgan fingerprint density at radius 3 is 2.62 bits per heavy atom. The fourth-order valence-electron chi connectivity index (χ4n) is 2.48. The second-order valence-electron chi connectivity index (χ2n) is 5.89. The van der Waals surface area contributed by atoms with Crippen LogP contribution < -0.4 is 5.32 Å². The van der Waals surface area contributed by atoms with E-state index in [2.05, 4.69) is 26.3 Å². The van der Waals surface area contributed by atoms with Crippen LogP contribution in [0.5, 0.6) is 0 Å². The topological polar surface area (TPSA) is 70.7 Å². The largest absolute Gasteiger partial charge is 0.349 e. The first-order chi connectivity index (χ1) is 11.5. The van der Waals surface area contributed by atoms with Crippen LogP contribution in [-0.4, -0.2) is 21.7 Å². The van der Waals surface area contributed by atoms with Crippen LogP contribution in [0.4, 0.5) is 0 Å². The molecule has 1 aromatic carbocycles. The molecule has 1 fully saturated rings. The summed E-state index contributed by atoms with van der Waals surface area (Å²) in [5.41, 5.74) is 3.52. The number of carbonyl (C=O) groups is 1. The molecule has 122 valence electrons. The van der Waals surface area contributed by atoms with Gasteiger partial charge < -0.3 is 5.32 Å². The lowest BCUT2D eigenvalue weighted by atomic mass is 10.1. The van der Waals surface area contributed by atoms with Crippen molar-refractivity contribution in [2.45, 2.75) is 32.7 Å². The number of carbonyl (C=O) groups excluding carboxylic acids is 1. The van der Waals surface area contributed by atoms with Gasteiger partial charge in [-0.1, -0.05) is 15.9 Å². The van der Waals surface area contributed by atoms with Crippen LogP contribution >= 0.6 is 15.9 Å². The first-order valence-corrected chi connectivity index (χ1v) is 8.53. The normalized spacial score (nSPS) is 14.3. The number of nitrogens with one attached hydrogen (secondary N) is 1. The lowest BCUT2D eigenvalue weighted by Gasteiger charge is -2.05. The third kappa shape index (κ3) is 3.41. The van der Waals surface area contributed by atoms with Gasteiger partial charge >= 0.3 is 0 Å². The van der Waals surface area contributed by atoms with E-state index < -0.39 is 0 Å². The number of nitrogens with zero attached hydrogens (tertiary/aromatic N) is 3. The maximum Gasteiger partial charge on any atom is 0.262 e. The molecule has 1 aliphatic carbocycles. The molecule has 5 nitrogen and oxygen atoms in total. The van der Waals surface area contributed by atoms with Crippen LogP contribution in [0, 0.1) is 25.2 Å². The summed E-state index contributed by atoms with van der Waals surface area (Å²) in [6.07, 6.45) is 3.61. The Morgan fingerprint density at radius 1 is 1.38 bits per heavy atom. The van der Waals surface area contributed by atoms with Gasteiger partial charge in [-0.05, 0) is 57.0 Å². The molecular weight excluding hydrogens is 368 g/mol. The van der Waals surface area contributed by atoms with Gasteiger partial charge in [-0.2, -0.15) is 10.4 Å². The molecule has 1 amide bonds. The summed E-state index contributed by atoms with van der Waals surface area (Å²) in [5, 5.41) is 16.7. The molecule has 0 spiro atoms. The molecule has 1 aliphatic rings. The molecule has 24 heavy (non-hydrogen) atoms. The van der Waals surface area contributed by atoms with Crippen LogP contribution in [0.1, 0.15) is 29.8 Å². The van der Waals surface area contributed by atoms with Crippen molar-refractivity contribution in [2.24, 2.45) is 0 Å². The molecule has 0 radical (unpaired) electrons. The fourth-order valence-corrected chi connectivity index (χ4v) is 2.75. The quantitative estimate of drug-likeness (QED) is 0.648. The highest BCUT2D eigenvalue weighted by Crippen LogP contribution is 2.23. The van der Waals surface area contributed by atoms with Gasteiger partial charge in [0.15, 0.2) is 0 Å². The minimum atomic E-state index is -0.310. The number of halogens is 1. The number of hydrogen-bond donors (Lipinski definition) is 1. The Kier molecular flexibility index (Phi) is 4.54. The van der Waals surface area contributed by atoms with Crippen molar-refractivity contribution in [3.8, 4) is 11.8 Å². The molecule has 0 aliphatic heterocycles. The van der Waals surface area contributed by atoms with E-state index in [-0.39, 0.29) is 17.5 Å². The first kappa shape index (κ1) is 16.5. The van der Waals surface area contributed by atoms with Crippen LogP contribution in [0.3, 0.4) is 0 Å². The van der Waals surface area contributed by atoms with E-state index in [1.807, 2.05) is 48.9 Å². The molecule has 1 heterocycles. The van der Waals surface area contributed by atoms with E-state index in [9.17, 15) is 10.1 Å². The molecular formula is C18H17BrN4O. The monoisotopic (exact) mass is 384 g/mol. The minimum Gasteiger partial charge on any atom is -0.349 e. The van der Waals surface area contributed by atoms with Crippen molar-refractivity contribution in [3.05, 3.63) is 51.3 Å². The van der Waals surface area contributed by atoms with Crippen molar-refractivity contribution in [3.63, 3.8) is 0 Å². The Labute approximate surface area is 149 Å². The van der Waals surface area contributed by atoms with Crippen LogP contribution in [0.2, 0.25) is 0 Å². The van der Waals surface area contributed by atoms with E-state index in [4.69, 9.17) is 0 Å². The van der Waals surface area contributed by atoms with Crippen molar-refractivity contribution in [1.82, 2.24) is 15.1 Å². The maximum atomic E-state index is 12.1. The summed E-state index contributed by atoms with van der Waals surface area (Å²) in [4.78, 5) is 12.1. The molecule has 0 saturated heterocycles. The van der Waals surface area contributed by atoms with Crippen LogP contribution in [-0.2, 0) is 4.79 Å². The van der Waals surface area contributed by atoms with Crippen molar-refractivity contribution in [1.29, 1.82) is 5.26 Å². The van der Waals surface area contributed by atoms with Gasteiger partial charge in [0.2, 0.25) is 0 Å². The molecule has 1 N–H and O–H groups in total. The van der Waals surface area contributed by atoms with E-state index >= 15 is 0 Å². The number of amides is 1. The molecule has 0 unspecified atom stereocenters. The molecule has 0 atom stereocenters. The molecule has 0 bridgehead atoms. The van der Waals surface area contributed by atoms with E-state index in [0.29, 0.717) is 0 Å². The summed E-state index contributed by atoms with van der Waals surface area (Å²) in [5.74, 6) is -0.310. The van der Waals surface area contributed by atoms with Gasteiger partial charge in [0.1, 0.15) is 11.6 Å². The summed E-state index contributed by atoms with van der Waals surface area (Å²) in [6, 6.07) is 10.0. The zero-order chi connectivity index (χ0) is 17.3. The van der Waals surface area contributed by atoms with Crippen LogP contribution in [0.25, 0.3) is 11.8 Å². The van der Waals surface area contributed by atoms with Crippen LogP contribution in [0.15, 0.2) is 34.3 Å². The van der Waals surface area contributed by atoms with Gasteiger partial charge in [0.05, 0.1) is 11.4 Å². The predicted molar refractivity (Wildman–Crippen MR) is 95.5 cm³/mol. The SMILES string of the molecule is Cc1nn(-c2ccc(Br)cc2)c(C)c1/C=C(\C#N)C(=O)NC1CC1. The highest BCUT2D eigenvalue weighted by Gasteiger charge is 2.25. The smallest absolute Gasteiger partial charge is 0.262 e. The number of aryl methyl sites for hydroxylation is 1. The summed E-state index contributed by atoms with van der Waals surface area (Å²) >= 11 is 3.42. The first-order valence-electron chi connectivity index (χ1n) is 7.74. The van der Waals surface area contributed by atoms with Gasteiger partial charge in [0.25, 0.3) is 5.91 Å². The average molecular weight is 385 g/mol. The van der Waals surface area contributed by atoms with E-state index in [1.165, 1.54) is 0 Å². The van der Waals surface area contributed by atoms with E-state index in [0.717, 1.165) is 40.0 Å². The summed E-state index contributed by atoms with van der Waals surface area (Å²) < 4.78 is 2.82. The number of benzene rings is 1. The molecule has 1 saturated carbocycles. The zero-order valence-corrected chi connectivity index (χ0v) is 15.1. The molecule has 6 heteroatoms. The Morgan fingerprint density at radius 2 is 2.04 bits per heavy atom. The average Bonchev–Trinajstić information content (AvgIpc) is 3.33. The Balaban J connectivity index is 1.96. The lowest BCUT2D eigenvalue weighted by Crippen LogP contribution is -2.26. The Bertz CT molecular complexity index is 854. The molecule has 3 rings (SSSR count). The number of nitriles is 1. The summed E-state index contributed by atoms with van der Waals surface area (Å²) in [7, 11) is 0. The van der Waals surface area contributed by atoms with Gasteiger partial charge in [-0.3, -0.25) is 4.79 Å². The number of hydrogen-bond acceptors (Lipinski definition) is 3. The van der Waals surface area contributed by atoms with Gasteiger partial charge in [-0.25, -0.2) is 4.68 Å². The predicted octanol–water partition coefficient (Wildman–Crippen LogP) is 3.44. The minimum absolute atomic E-state index is 0.114. The van der Waals surface area contributed by atoms with Crippen molar-refractivity contribution in [2.75, 3.05) is 0 Å². The van der Waals surface area contributed by atoms with Gasteiger partial charge in [0, 0.05) is 21.8 Å². The molecule has 1 aromatic heterocycles. The fraction of sp³-hybridized carbons (Fsp3) is 0.278. The second kappa shape index (κ2) is 6.62. The number of aromatic nitrogens is 2. The Hall–Kier alpha value is -2.39. The maximum absolute atomic E-state index is 12.1. The highest BCUT2D eigenvalue weighted by molar-refractivity contribution is 9.10. The van der Waals surface area contributed by atoms with Crippen molar-refractivity contribution < 1.29 is 4.79 Å². The molecule has 2 aromatic rings. The van der Waals surface area contributed by atoms with Gasteiger partial charge in [-0.15, -0.1) is 0 Å². The highest BCUT2D eigenvalue weighted by atomic mass is 79.9. The summed E-state index contributed by atoms with van der Waals surface area (Å²) in [6.45, 7) is 3.81. The standard InChI is InChI=1S/C18H17BrN4O/c1-11-17(9-13(10-20)18(24)21-15-5-6-15)12(2)23(22-11)16-7-3-14(19)4-8-16/h3-4,7-9,15H,5-6H2,1-2H3,(H,21,24)/b13-9+. The lowest BCUT2D eigenvalue weighted by molar-refractivity contribution is -0.117. The second-order valence-corrected chi connectivity index (χ2v) is 6.81. The third-order valence-electron chi connectivity index (χ3n) is 3.98. The van der Waals surface area contributed by atoms with Crippen molar-refractivity contribution >= 4 is 27.9 Å². The zero-order valence-electron chi connectivity index (χ0n) is 13.5. The third-order valence-corrected chi connectivity index (χ3v) is 4.51. The number of rotatable bonds is 4.